The zero-order valence-corrected chi connectivity index (χ0v) is 12.0. The fourth-order valence-electron chi connectivity index (χ4n) is 2.00. The Balaban J connectivity index is 2.20. The Morgan fingerprint density at radius 1 is 1.33 bits per heavy atom. The summed E-state index contributed by atoms with van der Waals surface area (Å²) in [4.78, 5) is 0. The maximum Gasteiger partial charge on any atom is 0.133 e. The topological polar surface area (TPSA) is 34.4 Å². The van der Waals surface area contributed by atoms with Crippen molar-refractivity contribution in [3.8, 4) is 0 Å². The van der Waals surface area contributed by atoms with Crippen LogP contribution in [0.4, 0.5) is 0 Å². The summed E-state index contributed by atoms with van der Waals surface area (Å²) in [5, 5.41) is 3.13. The van der Waals surface area contributed by atoms with Crippen molar-refractivity contribution in [2.45, 2.75) is 65.2 Å². The van der Waals surface area contributed by atoms with E-state index < -0.39 is 0 Å². The van der Waals surface area contributed by atoms with Gasteiger partial charge in [-0.1, -0.05) is 32.6 Å². The Labute approximate surface area is 111 Å². The minimum Gasteiger partial charge on any atom is -0.467 e. The molecule has 0 aliphatic carbocycles. The van der Waals surface area contributed by atoms with Crippen molar-refractivity contribution in [3.05, 3.63) is 23.7 Å². The second-order valence-electron chi connectivity index (χ2n) is 4.87. The third-order valence-electron chi connectivity index (χ3n) is 3.17. The Kier molecular flexibility index (Phi) is 7.78. The van der Waals surface area contributed by atoms with Crippen LogP contribution in [0.15, 0.2) is 16.7 Å². The highest BCUT2D eigenvalue weighted by molar-refractivity contribution is 5.15. The Morgan fingerprint density at radius 2 is 2.17 bits per heavy atom. The molecule has 0 saturated heterocycles. The lowest BCUT2D eigenvalue weighted by Crippen LogP contribution is -2.10. The Hall–Kier alpha value is -0.800. The van der Waals surface area contributed by atoms with Gasteiger partial charge in [-0.05, 0) is 26.5 Å². The molecule has 18 heavy (non-hydrogen) atoms. The quantitative estimate of drug-likeness (QED) is 0.643. The number of rotatable bonds is 10. The van der Waals surface area contributed by atoms with Crippen molar-refractivity contribution < 1.29 is 9.15 Å². The van der Waals surface area contributed by atoms with Gasteiger partial charge in [0.05, 0.1) is 12.4 Å². The smallest absolute Gasteiger partial charge is 0.133 e. The van der Waals surface area contributed by atoms with Gasteiger partial charge in [0.15, 0.2) is 0 Å². The largest absolute Gasteiger partial charge is 0.467 e. The molecule has 0 radical (unpaired) electrons. The molecule has 1 aromatic heterocycles. The van der Waals surface area contributed by atoms with E-state index in [4.69, 9.17) is 9.15 Å². The summed E-state index contributed by atoms with van der Waals surface area (Å²) in [6.07, 6.45) is 8.38. The van der Waals surface area contributed by atoms with E-state index in [-0.39, 0.29) is 0 Å². The number of nitrogens with one attached hydrogen (secondary N) is 1. The summed E-state index contributed by atoms with van der Waals surface area (Å²) >= 11 is 0. The highest BCUT2D eigenvalue weighted by Crippen LogP contribution is 2.14. The highest BCUT2D eigenvalue weighted by Gasteiger charge is 2.08. The molecule has 1 heterocycles. The van der Waals surface area contributed by atoms with Crippen LogP contribution in [0, 0.1) is 0 Å². The number of furan rings is 1. The van der Waals surface area contributed by atoms with Gasteiger partial charge in [0.25, 0.3) is 0 Å². The summed E-state index contributed by atoms with van der Waals surface area (Å²) in [5.41, 5.74) is 1.19. The van der Waals surface area contributed by atoms with Crippen LogP contribution >= 0.6 is 0 Å². The third kappa shape index (κ3) is 5.69. The maximum absolute atomic E-state index is 5.83. The van der Waals surface area contributed by atoms with Crippen LogP contribution in [0.25, 0.3) is 0 Å². The van der Waals surface area contributed by atoms with Crippen LogP contribution in [-0.4, -0.2) is 13.2 Å². The number of ether oxygens (including phenoxy) is 1. The molecular formula is C15H27NO2. The summed E-state index contributed by atoms with van der Waals surface area (Å²) in [7, 11) is 1.94. The van der Waals surface area contributed by atoms with E-state index in [1.165, 1.54) is 31.2 Å². The first-order valence-electron chi connectivity index (χ1n) is 7.09. The number of hydrogen-bond acceptors (Lipinski definition) is 3. The molecule has 1 rings (SSSR count). The van der Waals surface area contributed by atoms with E-state index in [9.17, 15) is 0 Å². The maximum atomic E-state index is 5.83. The zero-order valence-electron chi connectivity index (χ0n) is 12.0. The van der Waals surface area contributed by atoms with Crippen molar-refractivity contribution in [2.24, 2.45) is 0 Å². The minimum absolute atomic E-state index is 0.314. The standard InChI is InChI=1S/C15H27NO2/c1-4-5-6-7-8-13(2)18-12-15-14(11-16-3)9-10-17-15/h9-10,13,16H,4-8,11-12H2,1-3H3. The Morgan fingerprint density at radius 3 is 2.89 bits per heavy atom. The molecule has 0 aromatic carbocycles. The van der Waals surface area contributed by atoms with Gasteiger partial charge in [-0.3, -0.25) is 0 Å². The van der Waals surface area contributed by atoms with E-state index in [2.05, 4.69) is 19.2 Å². The lowest BCUT2D eigenvalue weighted by atomic mass is 10.1. The molecule has 0 aliphatic heterocycles. The second kappa shape index (κ2) is 9.17. The highest BCUT2D eigenvalue weighted by atomic mass is 16.5. The molecule has 104 valence electrons. The molecule has 0 amide bonds. The van der Waals surface area contributed by atoms with Gasteiger partial charge in [0, 0.05) is 12.1 Å². The van der Waals surface area contributed by atoms with Gasteiger partial charge in [-0.2, -0.15) is 0 Å². The second-order valence-corrected chi connectivity index (χ2v) is 4.87. The number of hydrogen-bond donors (Lipinski definition) is 1. The van der Waals surface area contributed by atoms with Crippen molar-refractivity contribution in [1.82, 2.24) is 5.32 Å². The molecule has 1 N–H and O–H groups in total. The predicted octanol–water partition coefficient (Wildman–Crippen LogP) is 3.87. The summed E-state index contributed by atoms with van der Waals surface area (Å²) in [6, 6.07) is 2.00. The normalized spacial score (nSPS) is 12.8. The predicted molar refractivity (Wildman–Crippen MR) is 74.5 cm³/mol. The van der Waals surface area contributed by atoms with Crippen LogP contribution in [-0.2, 0) is 17.9 Å². The van der Waals surface area contributed by atoms with Crippen molar-refractivity contribution >= 4 is 0 Å². The first-order valence-corrected chi connectivity index (χ1v) is 7.09. The van der Waals surface area contributed by atoms with Crippen LogP contribution < -0.4 is 5.32 Å². The molecular weight excluding hydrogens is 226 g/mol. The fraction of sp³-hybridized carbons (Fsp3) is 0.733. The first-order chi connectivity index (χ1) is 8.77. The van der Waals surface area contributed by atoms with Gasteiger partial charge in [0.2, 0.25) is 0 Å². The zero-order chi connectivity index (χ0) is 13.2. The minimum atomic E-state index is 0.314. The van der Waals surface area contributed by atoms with Crippen LogP contribution in [0.2, 0.25) is 0 Å². The van der Waals surface area contributed by atoms with E-state index in [1.807, 2.05) is 13.1 Å². The molecule has 1 aromatic rings. The van der Waals surface area contributed by atoms with E-state index in [0.717, 1.165) is 18.7 Å². The molecule has 0 saturated carbocycles. The third-order valence-corrected chi connectivity index (χ3v) is 3.17. The first kappa shape index (κ1) is 15.3. The van der Waals surface area contributed by atoms with Gasteiger partial charge in [-0.25, -0.2) is 0 Å². The number of unbranched alkanes of at least 4 members (excludes halogenated alkanes) is 3. The van der Waals surface area contributed by atoms with Crippen LogP contribution in [0.1, 0.15) is 57.3 Å². The molecule has 3 nitrogen and oxygen atoms in total. The lowest BCUT2D eigenvalue weighted by molar-refractivity contribution is 0.0355. The van der Waals surface area contributed by atoms with E-state index in [0.29, 0.717) is 12.7 Å². The Bertz CT molecular complexity index is 309. The van der Waals surface area contributed by atoms with E-state index in [1.54, 1.807) is 6.26 Å². The molecule has 1 atom stereocenters. The molecule has 0 aliphatic rings. The SMILES string of the molecule is CCCCCCC(C)OCc1occc1CNC. The average molecular weight is 253 g/mol. The molecule has 0 fully saturated rings. The van der Waals surface area contributed by atoms with Gasteiger partial charge < -0.3 is 14.5 Å². The van der Waals surface area contributed by atoms with E-state index >= 15 is 0 Å². The summed E-state index contributed by atoms with van der Waals surface area (Å²) < 4.78 is 11.3. The van der Waals surface area contributed by atoms with Crippen molar-refractivity contribution in [2.75, 3.05) is 7.05 Å². The fourth-order valence-corrected chi connectivity index (χ4v) is 2.00. The summed E-state index contributed by atoms with van der Waals surface area (Å²) in [6.45, 7) is 5.80. The van der Waals surface area contributed by atoms with Gasteiger partial charge in [0.1, 0.15) is 12.4 Å². The summed E-state index contributed by atoms with van der Waals surface area (Å²) in [5.74, 6) is 0.949. The van der Waals surface area contributed by atoms with Crippen LogP contribution in [0.5, 0.6) is 0 Å². The molecule has 0 spiro atoms. The van der Waals surface area contributed by atoms with Gasteiger partial charge >= 0.3 is 0 Å². The van der Waals surface area contributed by atoms with Crippen molar-refractivity contribution in [1.29, 1.82) is 0 Å². The van der Waals surface area contributed by atoms with Crippen LogP contribution in [0.3, 0.4) is 0 Å². The monoisotopic (exact) mass is 253 g/mol. The van der Waals surface area contributed by atoms with Crippen molar-refractivity contribution in [3.63, 3.8) is 0 Å². The molecule has 0 bridgehead atoms. The molecule has 1 unspecified atom stereocenters. The average Bonchev–Trinajstić information content (AvgIpc) is 2.80. The lowest BCUT2D eigenvalue weighted by Gasteiger charge is -2.12. The van der Waals surface area contributed by atoms with Gasteiger partial charge in [-0.15, -0.1) is 0 Å². The molecule has 3 heteroatoms.